The van der Waals surface area contributed by atoms with Crippen LogP contribution in [0.3, 0.4) is 0 Å². The van der Waals surface area contributed by atoms with E-state index in [-0.39, 0.29) is 11.1 Å². The molecule has 6 heteroatoms. The molecule has 0 radical (unpaired) electrons. The molecule has 0 amide bonds. The molecule has 0 aliphatic heterocycles. The van der Waals surface area contributed by atoms with Crippen LogP contribution in [0.2, 0.25) is 0 Å². The number of carboxylic acids is 2. The largest absolute Gasteiger partial charge is 0.478 e. The van der Waals surface area contributed by atoms with E-state index in [2.05, 4.69) is 12.1 Å². The molecule has 0 saturated carbocycles. The van der Waals surface area contributed by atoms with Crippen LogP contribution in [0.15, 0.2) is 121 Å². The van der Waals surface area contributed by atoms with Gasteiger partial charge in [0.05, 0.1) is 11.1 Å². The fraction of sp³-hybridized carbons (Fsp3) is 0. The van der Waals surface area contributed by atoms with Crippen molar-refractivity contribution in [3.63, 3.8) is 0 Å². The highest BCUT2D eigenvalue weighted by atomic mass is 16.5. The number of rotatable bonds is 7. The first kappa shape index (κ1) is 24.7. The third-order valence-corrected chi connectivity index (χ3v) is 6.67. The Balaban J connectivity index is 1.30. The van der Waals surface area contributed by atoms with Crippen molar-refractivity contribution in [2.45, 2.75) is 0 Å². The zero-order chi connectivity index (χ0) is 27.6. The topological polar surface area (TPSA) is 93.1 Å². The van der Waals surface area contributed by atoms with E-state index in [1.54, 1.807) is 24.3 Å². The van der Waals surface area contributed by atoms with E-state index in [1.165, 1.54) is 24.3 Å². The lowest BCUT2D eigenvalue weighted by Gasteiger charge is -2.13. The Labute approximate surface area is 229 Å². The highest BCUT2D eigenvalue weighted by Gasteiger charge is 2.11. The molecule has 0 saturated heterocycles. The maximum absolute atomic E-state index is 11.1. The second-order valence-electron chi connectivity index (χ2n) is 9.24. The van der Waals surface area contributed by atoms with Crippen LogP contribution in [-0.4, -0.2) is 22.2 Å². The van der Waals surface area contributed by atoms with Gasteiger partial charge in [0.2, 0.25) is 0 Å². The van der Waals surface area contributed by atoms with Gasteiger partial charge in [0, 0.05) is 0 Å². The zero-order valence-electron chi connectivity index (χ0n) is 21.1. The lowest BCUT2D eigenvalue weighted by molar-refractivity contribution is 0.0686. The second kappa shape index (κ2) is 10.3. The summed E-state index contributed by atoms with van der Waals surface area (Å²) < 4.78 is 12.0. The molecule has 6 aromatic carbocycles. The van der Waals surface area contributed by atoms with E-state index >= 15 is 0 Å². The molecular formula is C34H22O6. The molecule has 40 heavy (non-hydrogen) atoms. The molecule has 0 aliphatic rings. The summed E-state index contributed by atoms with van der Waals surface area (Å²) in [5.74, 6) is 0.479. The van der Waals surface area contributed by atoms with Gasteiger partial charge in [-0.3, -0.25) is 0 Å². The van der Waals surface area contributed by atoms with E-state index in [0.29, 0.717) is 23.0 Å². The van der Waals surface area contributed by atoms with Gasteiger partial charge in [-0.25, -0.2) is 9.59 Å². The number of carboxylic acid groups (broad SMARTS) is 2. The normalized spacial score (nSPS) is 10.9. The number of carbonyl (C=O) groups is 2. The van der Waals surface area contributed by atoms with Gasteiger partial charge in [-0.05, 0) is 105 Å². The molecule has 0 atom stereocenters. The predicted octanol–water partition coefficient (Wildman–Crippen LogP) is 8.64. The van der Waals surface area contributed by atoms with Crippen LogP contribution in [-0.2, 0) is 0 Å². The van der Waals surface area contributed by atoms with E-state index in [9.17, 15) is 9.59 Å². The van der Waals surface area contributed by atoms with Gasteiger partial charge >= 0.3 is 11.9 Å². The Morgan fingerprint density at radius 1 is 0.450 bits per heavy atom. The summed E-state index contributed by atoms with van der Waals surface area (Å²) in [6.07, 6.45) is 0. The van der Waals surface area contributed by atoms with Crippen molar-refractivity contribution in [1.82, 2.24) is 0 Å². The summed E-state index contributed by atoms with van der Waals surface area (Å²) in [6, 6.07) is 36.7. The summed E-state index contributed by atoms with van der Waals surface area (Å²) in [5, 5.41) is 22.4. The fourth-order valence-electron chi connectivity index (χ4n) is 4.72. The molecule has 2 N–H and O–H groups in total. The number of benzene rings is 6. The summed E-state index contributed by atoms with van der Waals surface area (Å²) >= 11 is 0. The number of aromatic carboxylic acids is 2. The van der Waals surface area contributed by atoms with E-state index in [0.717, 1.165) is 32.7 Å². The first-order valence-corrected chi connectivity index (χ1v) is 12.5. The Hall–Kier alpha value is -5.62. The van der Waals surface area contributed by atoms with Crippen LogP contribution >= 0.6 is 0 Å². The van der Waals surface area contributed by atoms with Gasteiger partial charge in [0.25, 0.3) is 0 Å². The van der Waals surface area contributed by atoms with Crippen LogP contribution in [0.25, 0.3) is 32.7 Å². The minimum Gasteiger partial charge on any atom is -0.478 e. The van der Waals surface area contributed by atoms with Crippen molar-refractivity contribution in [2.75, 3.05) is 0 Å². The van der Waals surface area contributed by atoms with Crippen molar-refractivity contribution in [3.8, 4) is 34.1 Å². The fourth-order valence-corrected chi connectivity index (χ4v) is 4.72. The Kier molecular flexibility index (Phi) is 6.34. The molecule has 194 valence electrons. The van der Waals surface area contributed by atoms with Gasteiger partial charge in [-0.2, -0.15) is 0 Å². The van der Waals surface area contributed by atoms with Crippen molar-refractivity contribution in [2.24, 2.45) is 0 Å². The Morgan fingerprint density at radius 2 is 0.825 bits per heavy atom. The van der Waals surface area contributed by atoms with Gasteiger partial charge in [-0.1, -0.05) is 48.5 Å². The average molecular weight is 527 g/mol. The first-order valence-electron chi connectivity index (χ1n) is 12.5. The summed E-state index contributed by atoms with van der Waals surface area (Å²) in [5.41, 5.74) is 2.58. The predicted molar refractivity (Wildman–Crippen MR) is 154 cm³/mol. The molecule has 0 bridgehead atoms. The molecule has 0 heterocycles. The molecule has 0 fully saturated rings. The number of ether oxygens (including phenoxy) is 2. The molecule has 0 unspecified atom stereocenters. The van der Waals surface area contributed by atoms with Crippen LogP contribution in [0.1, 0.15) is 20.7 Å². The van der Waals surface area contributed by atoms with Crippen molar-refractivity contribution < 1.29 is 29.3 Å². The standard InChI is InChI=1S/C34H22O6/c35-33(36)21-7-11-25(12-8-21)39-27-15-17-29-23(19-27)3-1-5-31(29)32-6-2-4-24-20-28(16-18-30(24)32)40-26-13-9-22(10-14-26)34(37)38/h1-20H,(H,35,36)(H,37,38). The van der Waals surface area contributed by atoms with Gasteiger partial charge in [0.1, 0.15) is 23.0 Å². The monoisotopic (exact) mass is 526 g/mol. The zero-order valence-corrected chi connectivity index (χ0v) is 21.1. The minimum absolute atomic E-state index is 0.207. The Morgan fingerprint density at radius 3 is 1.20 bits per heavy atom. The molecule has 0 spiro atoms. The molecule has 6 nitrogen and oxygen atoms in total. The number of hydrogen-bond acceptors (Lipinski definition) is 4. The Bertz CT molecular complexity index is 1750. The minimum atomic E-state index is -0.978. The highest BCUT2D eigenvalue weighted by Crippen LogP contribution is 2.37. The summed E-state index contributed by atoms with van der Waals surface area (Å²) in [4.78, 5) is 22.2. The molecule has 6 aromatic rings. The van der Waals surface area contributed by atoms with Gasteiger partial charge < -0.3 is 19.7 Å². The number of hydrogen-bond donors (Lipinski definition) is 2. The first-order chi connectivity index (χ1) is 19.4. The van der Waals surface area contributed by atoms with E-state index < -0.39 is 11.9 Å². The maximum Gasteiger partial charge on any atom is 0.335 e. The summed E-state index contributed by atoms with van der Waals surface area (Å²) in [7, 11) is 0. The third kappa shape index (κ3) is 4.93. The number of fused-ring (bicyclic) bond motifs is 2. The lowest BCUT2D eigenvalue weighted by atomic mass is 9.94. The van der Waals surface area contributed by atoms with Gasteiger partial charge in [-0.15, -0.1) is 0 Å². The molecular weight excluding hydrogens is 504 g/mol. The van der Waals surface area contributed by atoms with Crippen molar-refractivity contribution in [1.29, 1.82) is 0 Å². The van der Waals surface area contributed by atoms with Crippen molar-refractivity contribution in [3.05, 3.63) is 132 Å². The quantitative estimate of drug-likeness (QED) is 0.216. The molecule has 0 aromatic heterocycles. The lowest BCUT2D eigenvalue weighted by Crippen LogP contribution is -1.95. The van der Waals surface area contributed by atoms with E-state index in [1.807, 2.05) is 60.7 Å². The van der Waals surface area contributed by atoms with Crippen molar-refractivity contribution >= 4 is 33.5 Å². The van der Waals surface area contributed by atoms with Crippen LogP contribution in [0, 0.1) is 0 Å². The van der Waals surface area contributed by atoms with Crippen LogP contribution in [0.5, 0.6) is 23.0 Å². The van der Waals surface area contributed by atoms with Gasteiger partial charge in [0.15, 0.2) is 0 Å². The smallest absolute Gasteiger partial charge is 0.335 e. The average Bonchev–Trinajstić information content (AvgIpc) is 2.97. The molecule has 0 aliphatic carbocycles. The summed E-state index contributed by atoms with van der Waals surface area (Å²) in [6.45, 7) is 0. The SMILES string of the molecule is O=C(O)c1ccc(Oc2ccc3c(-c4cccc5cc(Oc6ccc(C(=O)O)cc6)ccc45)cccc3c2)cc1. The highest BCUT2D eigenvalue weighted by molar-refractivity contribution is 6.06. The molecule has 6 rings (SSSR count). The maximum atomic E-state index is 11.1. The van der Waals surface area contributed by atoms with Crippen LogP contribution < -0.4 is 9.47 Å². The van der Waals surface area contributed by atoms with Crippen LogP contribution in [0.4, 0.5) is 0 Å². The second-order valence-corrected chi connectivity index (χ2v) is 9.24. The third-order valence-electron chi connectivity index (χ3n) is 6.67. The van der Waals surface area contributed by atoms with E-state index in [4.69, 9.17) is 19.7 Å².